The van der Waals surface area contributed by atoms with Gasteiger partial charge in [-0.2, -0.15) is 0 Å². The molecule has 1 saturated heterocycles. The lowest BCUT2D eigenvalue weighted by Gasteiger charge is -2.33. The zero-order valence-corrected chi connectivity index (χ0v) is 12.1. The van der Waals surface area contributed by atoms with Crippen molar-refractivity contribution in [2.75, 3.05) is 19.6 Å². The molecule has 0 aromatic rings. The predicted molar refractivity (Wildman–Crippen MR) is 75.3 cm³/mol. The van der Waals surface area contributed by atoms with Crippen LogP contribution in [0.4, 0.5) is 0 Å². The molecule has 1 aliphatic heterocycles. The molecule has 18 heavy (non-hydrogen) atoms. The van der Waals surface area contributed by atoms with Gasteiger partial charge < -0.3 is 16.0 Å². The van der Waals surface area contributed by atoms with Crippen molar-refractivity contribution in [1.29, 1.82) is 0 Å². The van der Waals surface area contributed by atoms with Crippen molar-refractivity contribution in [3.05, 3.63) is 0 Å². The molecule has 3 atom stereocenters. The molecule has 3 unspecified atom stereocenters. The lowest BCUT2D eigenvalue weighted by atomic mass is 10.00. The van der Waals surface area contributed by atoms with Gasteiger partial charge in [0.05, 0.1) is 6.04 Å². The first-order chi connectivity index (χ1) is 8.52. The first-order valence-corrected chi connectivity index (χ1v) is 7.31. The average Bonchev–Trinajstić information content (AvgIpc) is 2.28. The van der Waals surface area contributed by atoms with Crippen molar-refractivity contribution in [3.63, 3.8) is 0 Å². The van der Waals surface area contributed by atoms with Gasteiger partial charge in [0, 0.05) is 19.1 Å². The van der Waals surface area contributed by atoms with Crippen LogP contribution in [0.2, 0.25) is 0 Å². The summed E-state index contributed by atoms with van der Waals surface area (Å²) in [6.45, 7) is 9.66. The van der Waals surface area contributed by atoms with Crippen molar-refractivity contribution in [2.24, 2.45) is 11.7 Å². The van der Waals surface area contributed by atoms with E-state index in [1.165, 1.54) is 12.8 Å². The van der Waals surface area contributed by atoms with Gasteiger partial charge in [0.15, 0.2) is 0 Å². The quantitative estimate of drug-likeness (QED) is 0.753. The minimum Gasteiger partial charge on any atom is -0.351 e. The van der Waals surface area contributed by atoms with E-state index in [1.54, 1.807) is 0 Å². The highest BCUT2D eigenvalue weighted by molar-refractivity contribution is 5.81. The molecule has 3 N–H and O–H groups in total. The summed E-state index contributed by atoms with van der Waals surface area (Å²) >= 11 is 0. The van der Waals surface area contributed by atoms with E-state index >= 15 is 0 Å². The Balaban J connectivity index is 2.27. The van der Waals surface area contributed by atoms with Gasteiger partial charge in [0.2, 0.25) is 5.91 Å². The van der Waals surface area contributed by atoms with Crippen molar-refractivity contribution in [1.82, 2.24) is 10.2 Å². The van der Waals surface area contributed by atoms with E-state index < -0.39 is 0 Å². The lowest BCUT2D eigenvalue weighted by molar-refractivity contribution is -0.123. The number of amides is 1. The molecule has 0 saturated carbocycles. The van der Waals surface area contributed by atoms with Gasteiger partial charge in [-0.25, -0.2) is 0 Å². The molecule has 0 spiro atoms. The van der Waals surface area contributed by atoms with Crippen LogP contribution in [0.1, 0.15) is 46.5 Å². The number of carbonyl (C=O) groups excluding carboxylic acids is 1. The Morgan fingerprint density at radius 2 is 2.28 bits per heavy atom. The van der Waals surface area contributed by atoms with Gasteiger partial charge in [-0.15, -0.1) is 0 Å². The molecule has 0 aromatic heterocycles. The normalized spacial score (nSPS) is 24.6. The van der Waals surface area contributed by atoms with Crippen molar-refractivity contribution < 1.29 is 4.79 Å². The smallest absolute Gasteiger partial charge is 0.237 e. The molecule has 106 valence electrons. The molecule has 4 nitrogen and oxygen atoms in total. The van der Waals surface area contributed by atoms with Gasteiger partial charge in [-0.05, 0) is 38.6 Å². The molecule has 1 heterocycles. The third-order valence-corrected chi connectivity index (χ3v) is 3.60. The Labute approximate surface area is 111 Å². The number of nitrogens with zero attached hydrogens (tertiary/aromatic N) is 1. The van der Waals surface area contributed by atoms with Crippen LogP contribution in [-0.2, 0) is 4.79 Å². The largest absolute Gasteiger partial charge is 0.351 e. The first kappa shape index (κ1) is 15.4. The van der Waals surface area contributed by atoms with Gasteiger partial charge in [-0.1, -0.05) is 20.3 Å². The molecule has 0 aliphatic carbocycles. The average molecular weight is 255 g/mol. The van der Waals surface area contributed by atoms with E-state index in [2.05, 4.69) is 24.1 Å². The Morgan fingerprint density at radius 1 is 1.56 bits per heavy atom. The molecule has 1 rings (SSSR count). The van der Waals surface area contributed by atoms with Gasteiger partial charge >= 0.3 is 0 Å². The number of piperidine rings is 1. The van der Waals surface area contributed by atoms with Crippen LogP contribution >= 0.6 is 0 Å². The van der Waals surface area contributed by atoms with Crippen molar-refractivity contribution in [2.45, 2.75) is 58.5 Å². The van der Waals surface area contributed by atoms with Crippen LogP contribution in [0.15, 0.2) is 0 Å². The second kappa shape index (κ2) is 7.74. The summed E-state index contributed by atoms with van der Waals surface area (Å²) in [5.41, 5.74) is 5.81. The maximum atomic E-state index is 11.8. The van der Waals surface area contributed by atoms with Crippen LogP contribution in [0.5, 0.6) is 0 Å². The van der Waals surface area contributed by atoms with Crippen molar-refractivity contribution in [3.8, 4) is 0 Å². The van der Waals surface area contributed by atoms with Crippen molar-refractivity contribution >= 4 is 5.91 Å². The summed E-state index contributed by atoms with van der Waals surface area (Å²) in [5, 5.41) is 3.02. The van der Waals surface area contributed by atoms with Crippen LogP contribution < -0.4 is 11.1 Å². The Morgan fingerprint density at radius 3 is 2.89 bits per heavy atom. The molecule has 4 heteroatoms. The van der Waals surface area contributed by atoms with E-state index in [0.717, 1.165) is 38.4 Å². The number of hydrogen-bond acceptors (Lipinski definition) is 3. The SMILES string of the molecule is CCCC(N)C(=O)NC(C)CN1CCCC(C)C1. The monoisotopic (exact) mass is 255 g/mol. The fourth-order valence-electron chi connectivity index (χ4n) is 2.68. The van der Waals surface area contributed by atoms with E-state index in [1.807, 2.05) is 6.92 Å². The first-order valence-electron chi connectivity index (χ1n) is 7.31. The molecule has 0 aromatic carbocycles. The predicted octanol–water partition coefficient (Wildman–Crippen LogP) is 1.35. The summed E-state index contributed by atoms with van der Waals surface area (Å²) in [5.74, 6) is 0.776. The van der Waals surface area contributed by atoms with E-state index in [4.69, 9.17) is 5.73 Å². The highest BCUT2D eigenvalue weighted by atomic mass is 16.2. The molecule has 1 aliphatic rings. The highest BCUT2D eigenvalue weighted by Crippen LogP contribution is 2.15. The Bertz CT molecular complexity index is 257. The maximum Gasteiger partial charge on any atom is 0.237 e. The Hall–Kier alpha value is -0.610. The van der Waals surface area contributed by atoms with Crippen LogP contribution in [0, 0.1) is 5.92 Å². The number of likely N-dealkylation sites (tertiary alicyclic amines) is 1. The van der Waals surface area contributed by atoms with Gasteiger partial charge in [0.25, 0.3) is 0 Å². The number of nitrogens with two attached hydrogens (primary N) is 1. The van der Waals surface area contributed by atoms with Crippen LogP contribution in [0.25, 0.3) is 0 Å². The van der Waals surface area contributed by atoms with E-state index in [0.29, 0.717) is 0 Å². The van der Waals surface area contributed by atoms with E-state index in [9.17, 15) is 4.79 Å². The third-order valence-electron chi connectivity index (χ3n) is 3.60. The molecule has 1 amide bonds. The molecular weight excluding hydrogens is 226 g/mol. The maximum absolute atomic E-state index is 11.8. The topological polar surface area (TPSA) is 58.4 Å². The fourth-order valence-corrected chi connectivity index (χ4v) is 2.68. The summed E-state index contributed by atoms with van der Waals surface area (Å²) < 4.78 is 0. The second-order valence-electron chi connectivity index (χ2n) is 5.81. The number of rotatable bonds is 6. The third kappa shape index (κ3) is 5.36. The second-order valence-corrected chi connectivity index (χ2v) is 5.81. The molecule has 0 radical (unpaired) electrons. The molecule has 0 bridgehead atoms. The van der Waals surface area contributed by atoms with Crippen LogP contribution in [0.3, 0.4) is 0 Å². The van der Waals surface area contributed by atoms with Gasteiger partial charge in [-0.3, -0.25) is 4.79 Å². The summed E-state index contributed by atoms with van der Waals surface area (Å²) in [7, 11) is 0. The lowest BCUT2D eigenvalue weighted by Crippen LogP contribution is -2.49. The number of hydrogen-bond donors (Lipinski definition) is 2. The highest BCUT2D eigenvalue weighted by Gasteiger charge is 2.20. The summed E-state index contributed by atoms with van der Waals surface area (Å²) in [4.78, 5) is 14.2. The standard InChI is InChI=1S/C14H29N3O/c1-4-6-13(15)14(18)16-12(3)10-17-8-5-7-11(2)9-17/h11-13H,4-10,15H2,1-3H3,(H,16,18). The Kier molecular flexibility index (Phi) is 6.65. The number of carbonyl (C=O) groups is 1. The summed E-state index contributed by atoms with van der Waals surface area (Å²) in [6.07, 6.45) is 4.32. The fraction of sp³-hybridized carbons (Fsp3) is 0.929. The minimum atomic E-state index is -0.349. The van der Waals surface area contributed by atoms with Crippen LogP contribution in [-0.4, -0.2) is 42.5 Å². The van der Waals surface area contributed by atoms with Gasteiger partial charge in [0.1, 0.15) is 0 Å². The van der Waals surface area contributed by atoms with E-state index in [-0.39, 0.29) is 18.0 Å². The minimum absolute atomic E-state index is 0.00518. The molecule has 1 fully saturated rings. The summed E-state index contributed by atoms with van der Waals surface area (Å²) in [6, 6.07) is -0.163. The zero-order valence-electron chi connectivity index (χ0n) is 12.1. The molecular formula is C14H29N3O. The zero-order chi connectivity index (χ0) is 13.5. The number of nitrogens with one attached hydrogen (secondary N) is 1.